The summed E-state index contributed by atoms with van der Waals surface area (Å²) in [5.74, 6) is 0. The van der Waals surface area contributed by atoms with Gasteiger partial charge in [-0.25, -0.2) is 0 Å². The minimum Gasteiger partial charge on any atom is -0.361 e. The van der Waals surface area contributed by atoms with Crippen molar-refractivity contribution >= 4 is 16.5 Å². The lowest BCUT2D eigenvalue weighted by atomic mass is 9.98. The molecule has 1 aliphatic rings. The summed E-state index contributed by atoms with van der Waals surface area (Å²) in [7, 11) is 2.16. The average Bonchev–Trinajstić information content (AvgIpc) is 2.82. The molecule has 1 aromatic carbocycles. The van der Waals surface area contributed by atoms with E-state index in [2.05, 4.69) is 47.4 Å². The van der Waals surface area contributed by atoms with Crippen LogP contribution in [0.5, 0.6) is 0 Å². The van der Waals surface area contributed by atoms with E-state index in [4.69, 9.17) is 5.73 Å². The van der Waals surface area contributed by atoms with Crippen LogP contribution in [0.15, 0.2) is 30.5 Å². The van der Waals surface area contributed by atoms with Gasteiger partial charge in [-0.15, -0.1) is 0 Å². The maximum Gasteiger partial charge on any atom is 0.0460 e. The normalized spacial score (nSPS) is 17.1. The molecule has 1 aliphatic heterocycles. The average molecular weight is 241 g/mol. The Bertz CT molecular complexity index is 595. The zero-order valence-corrected chi connectivity index (χ0v) is 10.7. The van der Waals surface area contributed by atoms with Crippen LogP contribution in [-0.4, -0.2) is 30.0 Å². The van der Waals surface area contributed by atoms with E-state index in [0.29, 0.717) is 6.54 Å². The molecule has 0 unspecified atom stereocenters. The minimum absolute atomic E-state index is 0.600. The molecule has 0 saturated carbocycles. The zero-order valence-electron chi connectivity index (χ0n) is 10.7. The highest BCUT2D eigenvalue weighted by atomic mass is 15.1. The van der Waals surface area contributed by atoms with Gasteiger partial charge in [-0.3, -0.25) is 0 Å². The Balaban J connectivity index is 2.06. The van der Waals surface area contributed by atoms with Crippen LogP contribution in [-0.2, 0) is 6.54 Å². The lowest BCUT2D eigenvalue weighted by Crippen LogP contribution is -2.23. The summed E-state index contributed by atoms with van der Waals surface area (Å²) < 4.78 is 0. The molecule has 0 spiro atoms. The van der Waals surface area contributed by atoms with Crippen molar-refractivity contribution in [2.24, 2.45) is 5.73 Å². The highest BCUT2D eigenvalue weighted by molar-refractivity contribution is 5.93. The molecule has 1 aromatic heterocycles. The molecule has 0 atom stereocenters. The van der Waals surface area contributed by atoms with Crippen LogP contribution in [0.3, 0.4) is 0 Å². The molecular weight excluding hydrogens is 222 g/mol. The lowest BCUT2D eigenvalue weighted by molar-refractivity contribution is 0.370. The second kappa shape index (κ2) is 4.59. The molecule has 0 amide bonds. The van der Waals surface area contributed by atoms with Gasteiger partial charge >= 0.3 is 0 Å². The predicted octanol–water partition coefficient (Wildman–Crippen LogP) is 2.35. The number of nitrogens with zero attached hydrogens (tertiary/aromatic N) is 1. The molecule has 2 aromatic rings. The summed E-state index contributed by atoms with van der Waals surface area (Å²) in [6.07, 6.45) is 5.58. The van der Waals surface area contributed by atoms with E-state index in [1.807, 2.05) is 0 Å². The van der Waals surface area contributed by atoms with Crippen molar-refractivity contribution < 1.29 is 0 Å². The van der Waals surface area contributed by atoms with Crippen LogP contribution in [0.4, 0.5) is 0 Å². The maximum atomic E-state index is 5.72. The van der Waals surface area contributed by atoms with Gasteiger partial charge in [0.05, 0.1) is 0 Å². The number of aromatic amines is 1. The van der Waals surface area contributed by atoms with Crippen LogP contribution in [0.1, 0.15) is 17.5 Å². The van der Waals surface area contributed by atoms with E-state index >= 15 is 0 Å². The molecule has 3 heteroatoms. The molecule has 3 rings (SSSR count). The highest BCUT2D eigenvalue weighted by Crippen LogP contribution is 2.29. The first-order valence-electron chi connectivity index (χ1n) is 6.46. The SMILES string of the molecule is CN1CC=C(c2c[nH]c3ccc(CN)cc23)CC1. The number of nitrogens with two attached hydrogens (primary N) is 1. The second-order valence-corrected chi connectivity index (χ2v) is 5.03. The summed E-state index contributed by atoms with van der Waals surface area (Å²) in [4.78, 5) is 5.69. The van der Waals surface area contributed by atoms with E-state index in [9.17, 15) is 0 Å². The molecule has 0 aliphatic carbocycles. The van der Waals surface area contributed by atoms with Gasteiger partial charge in [0.25, 0.3) is 0 Å². The molecular formula is C15H19N3. The smallest absolute Gasteiger partial charge is 0.0460 e. The third-order valence-electron chi connectivity index (χ3n) is 3.74. The topological polar surface area (TPSA) is 45.0 Å². The standard InChI is InChI=1S/C15H19N3/c1-18-6-4-12(5-7-18)14-10-17-15-3-2-11(9-16)8-13(14)15/h2-4,8,10,17H,5-7,9,16H2,1H3. The van der Waals surface area contributed by atoms with Gasteiger partial charge in [-0.05, 0) is 36.7 Å². The van der Waals surface area contributed by atoms with Crippen molar-refractivity contribution in [2.75, 3.05) is 20.1 Å². The van der Waals surface area contributed by atoms with Crippen molar-refractivity contribution in [3.63, 3.8) is 0 Å². The number of hydrogen-bond acceptors (Lipinski definition) is 2. The lowest BCUT2D eigenvalue weighted by Gasteiger charge is -2.21. The quantitative estimate of drug-likeness (QED) is 0.847. The Morgan fingerprint density at radius 2 is 2.28 bits per heavy atom. The number of aromatic nitrogens is 1. The van der Waals surface area contributed by atoms with Crippen molar-refractivity contribution in [3.8, 4) is 0 Å². The second-order valence-electron chi connectivity index (χ2n) is 5.03. The van der Waals surface area contributed by atoms with Gasteiger partial charge in [0.15, 0.2) is 0 Å². The number of likely N-dealkylation sites (N-methyl/N-ethyl adjacent to an activating group) is 1. The fourth-order valence-corrected chi connectivity index (χ4v) is 2.58. The first kappa shape index (κ1) is 11.5. The minimum atomic E-state index is 0.600. The van der Waals surface area contributed by atoms with Crippen LogP contribution in [0.2, 0.25) is 0 Å². The summed E-state index contributed by atoms with van der Waals surface area (Å²) in [6.45, 7) is 2.77. The van der Waals surface area contributed by atoms with Gasteiger partial charge in [0, 0.05) is 42.3 Å². The van der Waals surface area contributed by atoms with Crippen LogP contribution < -0.4 is 5.73 Å². The third kappa shape index (κ3) is 1.96. The number of rotatable bonds is 2. The molecule has 0 radical (unpaired) electrons. The number of hydrogen-bond donors (Lipinski definition) is 2. The Hall–Kier alpha value is -1.58. The van der Waals surface area contributed by atoms with Gasteiger partial charge in [-0.1, -0.05) is 12.1 Å². The van der Waals surface area contributed by atoms with E-state index in [-0.39, 0.29) is 0 Å². The van der Waals surface area contributed by atoms with E-state index < -0.39 is 0 Å². The number of nitrogens with one attached hydrogen (secondary N) is 1. The Kier molecular flexibility index (Phi) is 2.94. The zero-order chi connectivity index (χ0) is 12.5. The summed E-state index contributed by atoms with van der Waals surface area (Å²) in [5, 5.41) is 1.30. The van der Waals surface area contributed by atoms with Crippen LogP contribution >= 0.6 is 0 Å². The Morgan fingerprint density at radius 1 is 1.39 bits per heavy atom. The Morgan fingerprint density at radius 3 is 3.00 bits per heavy atom. The molecule has 0 bridgehead atoms. The highest BCUT2D eigenvalue weighted by Gasteiger charge is 2.13. The van der Waals surface area contributed by atoms with Gasteiger partial charge in [0.2, 0.25) is 0 Å². The van der Waals surface area contributed by atoms with Gasteiger partial charge < -0.3 is 15.6 Å². The maximum absolute atomic E-state index is 5.72. The van der Waals surface area contributed by atoms with Gasteiger partial charge in [0.1, 0.15) is 0 Å². The number of fused-ring (bicyclic) bond motifs is 1. The first-order valence-corrected chi connectivity index (χ1v) is 6.46. The summed E-state index contributed by atoms with van der Waals surface area (Å²) >= 11 is 0. The van der Waals surface area contributed by atoms with E-state index in [1.54, 1.807) is 0 Å². The molecule has 18 heavy (non-hydrogen) atoms. The van der Waals surface area contributed by atoms with Crippen LogP contribution in [0, 0.1) is 0 Å². The van der Waals surface area contributed by atoms with Crippen molar-refractivity contribution in [3.05, 3.63) is 41.6 Å². The number of H-pyrrole nitrogens is 1. The Labute approximate surface area is 107 Å². The van der Waals surface area contributed by atoms with E-state index in [1.165, 1.54) is 27.6 Å². The molecule has 2 heterocycles. The van der Waals surface area contributed by atoms with Crippen molar-refractivity contribution in [1.82, 2.24) is 9.88 Å². The van der Waals surface area contributed by atoms with Gasteiger partial charge in [-0.2, -0.15) is 0 Å². The molecule has 3 nitrogen and oxygen atoms in total. The van der Waals surface area contributed by atoms with Crippen molar-refractivity contribution in [2.45, 2.75) is 13.0 Å². The van der Waals surface area contributed by atoms with Crippen LogP contribution in [0.25, 0.3) is 16.5 Å². The van der Waals surface area contributed by atoms with Crippen molar-refractivity contribution in [1.29, 1.82) is 0 Å². The fourth-order valence-electron chi connectivity index (χ4n) is 2.58. The summed E-state index contributed by atoms with van der Waals surface area (Å²) in [5.41, 5.74) is 10.9. The number of benzene rings is 1. The third-order valence-corrected chi connectivity index (χ3v) is 3.74. The van der Waals surface area contributed by atoms with E-state index in [0.717, 1.165) is 19.5 Å². The molecule has 0 fully saturated rings. The monoisotopic (exact) mass is 241 g/mol. The molecule has 94 valence electrons. The predicted molar refractivity (Wildman–Crippen MR) is 76.3 cm³/mol. The molecule has 3 N–H and O–H groups in total. The summed E-state index contributed by atoms with van der Waals surface area (Å²) in [6, 6.07) is 6.42. The first-order chi connectivity index (χ1) is 8.78. The largest absolute Gasteiger partial charge is 0.361 e. The molecule has 0 saturated heterocycles. The fraction of sp³-hybridized carbons (Fsp3) is 0.333.